The van der Waals surface area contributed by atoms with Crippen molar-refractivity contribution in [1.82, 2.24) is 14.9 Å². The van der Waals surface area contributed by atoms with Gasteiger partial charge in [0.25, 0.3) is 0 Å². The quantitative estimate of drug-likeness (QED) is 0.752. The second-order valence-electron chi connectivity index (χ2n) is 4.70. The molecule has 0 amide bonds. The molecule has 4 nitrogen and oxygen atoms in total. The lowest BCUT2D eigenvalue weighted by Gasteiger charge is -2.35. The Labute approximate surface area is 97.3 Å². The van der Waals surface area contributed by atoms with Crippen molar-refractivity contribution in [3.8, 4) is 0 Å². The van der Waals surface area contributed by atoms with Crippen LogP contribution in [0.1, 0.15) is 18.5 Å². The number of anilines is 1. The highest BCUT2D eigenvalue weighted by Gasteiger charge is 2.21. The van der Waals surface area contributed by atoms with Gasteiger partial charge in [0.2, 0.25) is 0 Å². The normalized spacial score (nSPS) is 18.1. The molecular formula is C12H20N4. The van der Waals surface area contributed by atoms with E-state index in [2.05, 4.69) is 33.9 Å². The molecule has 16 heavy (non-hydrogen) atoms. The summed E-state index contributed by atoms with van der Waals surface area (Å²) in [6, 6.07) is 0.717. The van der Waals surface area contributed by atoms with Crippen molar-refractivity contribution >= 4 is 5.82 Å². The van der Waals surface area contributed by atoms with Crippen molar-refractivity contribution in [3.05, 3.63) is 18.1 Å². The highest BCUT2D eigenvalue weighted by molar-refractivity contribution is 5.36. The monoisotopic (exact) mass is 220 g/mol. The summed E-state index contributed by atoms with van der Waals surface area (Å²) in [5.74, 6) is 1.03. The first kappa shape index (κ1) is 11.3. The van der Waals surface area contributed by atoms with Gasteiger partial charge >= 0.3 is 0 Å². The molecule has 1 fully saturated rings. The summed E-state index contributed by atoms with van der Waals surface area (Å²) in [4.78, 5) is 13.4. The molecule has 2 rings (SSSR count). The van der Waals surface area contributed by atoms with Crippen LogP contribution in [-0.2, 0) is 0 Å². The lowest BCUT2D eigenvalue weighted by Crippen LogP contribution is -2.42. The van der Waals surface area contributed by atoms with E-state index in [0.717, 1.165) is 24.6 Å². The van der Waals surface area contributed by atoms with Gasteiger partial charge in [0.15, 0.2) is 0 Å². The molecule has 0 N–H and O–H groups in total. The predicted molar refractivity (Wildman–Crippen MR) is 65.7 cm³/mol. The second-order valence-corrected chi connectivity index (χ2v) is 4.70. The first-order valence-corrected chi connectivity index (χ1v) is 5.87. The Bertz CT molecular complexity index is 343. The Hall–Kier alpha value is -1.16. The molecule has 0 unspecified atom stereocenters. The van der Waals surface area contributed by atoms with Gasteiger partial charge in [0.05, 0.1) is 11.9 Å². The van der Waals surface area contributed by atoms with Crippen molar-refractivity contribution in [1.29, 1.82) is 0 Å². The standard InChI is InChI=1S/C12H20N4/c1-10-8-13-9-12(14-10)16-6-4-11(5-7-16)15(2)3/h8-9,11H,4-7H2,1-3H3. The Morgan fingerprint density at radius 3 is 2.50 bits per heavy atom. The number of hydrogen-bond donors (Lipinski definition) is 0. The Balaban J connectivity index is 1.99. The van der Waals surface area contributed by atoms with Gasteiger partial charge in [-0.1, -0.05) is 0 Å². The van der Waals surface area contributed by atoms with Crippen LogP contribution in [0.3, 0.4) is 0 Å². The summed E-state index contributed by atoms with van der Waals surface area (Å²) < 4.78 is 0. The smallest absolute Gasteiger partial charge is 0.147 e. The third kappa shape index (κ3) is 2.50. The van der Waals surface area contributed by atoms with E-state index in [4.69, 9.17) is 0 Å². The van der Waals surface area contributed by atoms with Crippen LogP contribution in [0.25, 0.3) is 0 Å². The van der Waals surface area contributed by atoms with Crippen molar-refractivity contribution in [2.45, 2.75) is 25.8 Å². The minimum atomic E-state index is 0.717. The molecular weight excluding hydrogens is 200 g/mol. The first-order valence-electron chi connectivity index (χ1n) is 5.87. The molecule has 0 spiro atoms. The average molecular weight is 220 g/mol. The van der Waals surface area contributed by atoms with Crippen LogP contribution in [0.15, 0.2) is 12.4 Å². The van der Waals surface area contributed by atoms with Gasteiger partial charge in [0, 0.05) is 25.3 Å². The molecule has 1 saturated heterocycles. The number of aromatic nitrogens is 2. The van der Waals surface area contributed by atoms with E-state index >= 15 is 0 Å². The molecule has 4 heteroatoms. The molecule has 1 aliphatic rings. The van der Waals surface area contributed by atoms with Crippen LogP contribution in [0.4, 0.5) is 5.82 Å². The number of piperidine rings is 1. The van der Waals surface area contributed by atoms with Gasteiger partial charge in [-0.2, -0.15) is 0 Å². The lowest BCUT2D eigenvalue weighted by atomic mass is 10.0. The number of aryl methyl sites for hydroxylation is 1. The fourth-order valence-corrected chi connectivity index (χ4v) is 2.21. The van der Waals surface area contributed by atoms with Gasteiger partial charge < -0.3 is 9.80 Å². The zero-order valence-corrected chi connectivity index (χ0v) is 10.3. The molecule has 1 aromatic rings. The summed E-state index contributed by atoms with van der Waals surface area (Å²) in [7, 11) is 4.32. The van der Waals surface area contributed by atoms with Crippen molar-refractivity contribution in [2.24, 2.45) is 0 Å². The van der Waals surface area contributed by atoms with Gasteiger partial charge in [-0.15, -0.1) is 0 Å². The number of rotatable bonds is 2. The van der Waals surface area contributed by atoms with Crippen LogP contribution in [0, 0.1) is 6.92 Å². The molecule has 0 bridgehead atoms. The molecule has 0 atom stereocenters. The summed E-state index contributed by atoms with van der Waals surface area (Å²) in [6.07, 6.45) is 6.09. The van der Waals surface area contributed by atoms with Crippen LogP contribution in [-0.4, -0.2) is 48.1 Å². The number of hydrogen-bond acceptors (Lipinski definition) is 4. The molecule has 88 valence electrons. The summed E-state index contributed by atoms with van der Waals surface area (Å²) in [5, 5.41) is 0. The minimum absolute atomic E-state index is 0.717. The maximum absolute atomic E-state index is 4.52. The maximum atomic E-state index is 4.52. The van der Waals surface area contributed by atoms with Crippen molar-refractivity contribution < 1.29 is 0 Å². The van der Waals surface area contributed by atoms with Crippen LogP contribution in [0.5, 0.6) is 0 Å². The van der Waals surface area contributed by atoms with E-state index in [-0.39, 0.29) is 0 Å². The SMILES string of the molecule is Cc1cncc(N2CCC(N(C)C)CC2)n1. The van der Waals surface area contributed by atoms with Gasteiger partial charge in [-0.25, -0.2) is 4.98 Å². The van der Waals surface area contributed by atoms with E-state index in [9.17, 15) is 0 Å². The van der Waals surface area contributed by atoms with Crippen LogP contribution >= 0.6 is 0 Å². The minimum Gasteiger partial charge on any atom is -0.355 e. The molecule has 0 aromatic carbocycles. The van der Waals surface area contributed by atoms with E-state index in [1.807, 2.05) is 13.1 Å². The van der Waals surface area contributed by atoms with Crippen LogP contribution in [0.2, 0.25) is 0 Å². The van der Waals surface area contributed by atoms with Gasteiger partial charge in [-0.05, 0) is 33.9 Å². The zero-order chi connectivity index (χ0) is 11.5. The van der Waals surface area contributed by atoms with Crippen LogP contribution < -0.4 is 4.90 Å². The third-order valence-electron chi connectivity index (χ3n) is 3.26. The molecule has 0 aliphatic carbocycles. The molecule has 0 saturated carbocycles. The average Bonchev–Trinajstić information content (AvgIpc) is 2.29. The summed E-state index contributed by atoms with van der Waals surface area (Å²) in [5.41, 5.74) is 0.993. The molecule has 1 aliphatic heterocycles. The van der Waals surface area contributed by atoms with Crippen molar-refractivity contribution in [2.75, 3.05) is 32.1 Å². The fraction of sp³-hybridized carbons (Fsp3) is 0.667. The molecule has 1 aromatic heterocycles. The van der Waals surface area contributed by atoms with Gasteiger partial charge in [-0.3, -0.25) is 4.98 Å². The largest absolute Gasteiger partial charge is 0.355 e. The number of nitrogens with zero attached hydrogens (tertiary/aromatic N) is 4. The van der Waals surface area contributed by atoms with E-state index in [1.165, 1.54) is 12.8 Å². The Kier molecular flexibility index (Phi) is 3.39. The molecule has 2 heterocycles. The summed E-state index contributed by atoms with van der Waals surface area (Å²) in [6.45, 7) is 4.16. The lowest BCUT2D eigenvalue weighted by molar-refractivity contribution is 0.249. The van der Waals surface area contributed by atoms with E-state index in [1.54, 1.807) is 6.20 Å². The molecule has 0 radical (unpaired) electrons. The highest BCUT2D eigenvalue weighted by Crippen LogP contribution is 2.19. The van der Waals surface area contributed by atoms with Gasteiger partial charge in [0.1, 0.15) is 5.82 Å². The maximum Gasteiger partial charge on any atom is 0.147 e. The van der Waals surface area contributed by atoms with Crippen molar-refractivity contribution in [3.63, 3.8) is 0 Å². The summed E-state index contributed by atoms with van der Waals surface area (Å²) >= 11 is 0. The Morgan fingerprint density at radius 1 is 1.25 bits per heavy atom. The Morgan fingerprint density at radius 2 is 1.94 bits per heavy atom. The fourth-order valence-electron chi connectivity index (χ4n) is 2.21. The predicted octanol–water partition coefficient (Wildman–Crippen LogP) is 1.32. The topological polar surface area (TPSA) is 32.3 Å². The second kappa shape index (κ2) is 4.78. The van der Waals surface area contributed by atoms with E-state index in [0.29, 0.717) is 6.04 Å². The van der Waals surface area contributed by atoms with E-state index < -0.39 is 0 Å². The highest BCUT2D eigenvalue weighted by atomic mass is 15.2. The third-order valence-corrected chi connectivity index (χ3v) is 3.26. The first-order chi connectivity index (χ1) is 7.66. The zero-order valence-electron chi connectivity index (χ0n) is 10.3.